The molecule has 192 valence electrons. The minimum atomic E-state index is -4.32. The lowest BCUT2D eigenvalue weighted by atomic mass is 10.1. The highest BCUT2D eigenvalue weighted by Crippen LogP contribution is 2.45. The summed E-state index contributed by atoms with van der Waals surface area (Å²) in [5.74, 6) is -1.30. The van der Waals surface area contributed by atoms with Gasteiger partial charge in [0.25, 0.3) is 0 Å². The van der Waals surface area contributed by atoms with Crippen molar-refractivity contribution in [2.45, 2.75) is 42.9 Å². The number of halogens is 1. The van der Waals surface area contributed by atoms with Crippen molar-refractivity contribution in [2.24, 2.45) is 0 Å². The molecule has 7 nitrogen and oxygen atoms in total. The summed E-state index contributed by atoms with van der Waals surface area (Å²) in [5.41, 5.74) is 3.72. The van der Waals surface area contributed by atoms with Crippen molar-refractivity contribution in [3.63, 3.8) is 0 Å². The molecule has 0 saturated heterocycles. The molecule has 0 unspecified atom stereocenters. The van der Waals surface area contributed by atoms with Gasteiger partial charge in [-0.25, -0.2) is 13.4 Å². The van der Waals surface area contributed by atoms with Gasteiger partial charge in [0.1, 0.15) is 5.69 Å². The maximum Gasteiger partial charge on any atom is 0.234 e. The predicted molar refractivity (Wildman–Crippen MR) is 146 cm³/mol. The molecular weight excluding hydrogens is 510 g/mol. The Hall–Kier alpha value is -3.62. The number of sulfone groups is 1. The van der Waals surface area contributed by atoms with Crippen molar-refractivity contribution < 1.29 is 18.6 Å². The van der Waals surface area contributed by atoms with Gasteiger partial charge in [-0.05, 0) is 61.7 Å². The van der Waals surface area contributed by atoms with E-state index in [0.717, 1.165) is 29.7 Å². The minimum Gasteiger partial charge on any atom is -0.504 e. The lowest BCUT2D eigenvalue weighted by Gasteiger charge is -2.25. The van der Waals surface area contributed by atoms with Gasteiger partial charge in [0.05, 0.1) is 10.6 Å². The molecule has 0 aliphatic carbocycles. The summed E-state index contributed by atoms with van der Waals surface area (Å²) in [6.07, 6.45) is 3.73. The first-order valence-corrected chi connectivity index (χ1v) is 13.7. The van der Waals surface area contributed by atoms with Crippen LogP contribution in [0.4, 0.5) is 11.4 Å². The molecule has 4 aromatic rings. The largest absolute Gasteiger partial charge is 0.504 e. The van der Waals surface area contributed by atoms with E-state index in [1.807, 2.05) is 26.0 Å². The number of rotatable bonds is 8. The molecule has 0 spiro atoms. The summed E-state index contributed by atoms with van der Waals surface area (Å²) < 4.78 is 27.3. The minimum absolute atomic E-state index is 0.0807. The maximum atomic E-state index is 13.7. The Kier molecular flexibility index (Phi) is 7.71. The zero-order chi connectivity index (χ0) is 26.7. The lowest BCUT2D eigenvalue weighted by Crippen LogP contribution is -2.15. The summed E-state index contributed by atoms with van der Waals surface area (Å²) in [6.45, 7) is 3.88. The fraction of sp³-hybridized carbons (Fsp3) is 0.214. The highest BCUT2D eigenvalue weighted by atomic mass is 35.5. The van der Waals surface area contributed by atoms with E-state index in [-0.39, 0.29) is 10.6 Å². The van der Waals surface area contributed by atoms with Gasteiger partial charge < -0.3 is 15.1 Å². The van der Waals surface area contributed by atoms with Crippen LogP contribution in [-0.2, 0) is 16.3 Å². The number of nitrogens with zero attached hydrogens (tertiary/aromatic N) is 3. The number of aromatic hydroxyl groups is 2. The van der Waals surface area contributed by atoms with E-state index in [4.69, 9.17) is 11.6 Å². The average molecular weight is 538 g/mol. The molecule has 0 fully saturated rings. The van der Waals surface area contributed by atoms with Crippen LogP contribution in [0, 0.1) is 6.92 Å². The molecule has 2 N–H and O–H groups in total. The first kappa shape index (κ1) is 26.4. The van der Waals surface area contributed by atoms with E-state index < -0.39 is 26.4 Å². The second kappa shape index (κ2) is 10.8. The molecule has 2 heterocycles. The molecule has 9 heteroatoms. The number of aryl methyl sites for hydroxylation is 2. The van der Waals surface area contributed by atoms with Gasteiger partial charge in [-0.3, -0.25) is 4.98 Å². The number of hydrogen-bond donors (Lipinski definition) is 2. The average Bonchev–Trinajstić information content (AvgIpc) is 2.87. The first-order chi connectivity index (χ1) is 17.6. The molecular formula is C28H28ClN3O4S. The number of pyridine rings is 2. The Morgan fingerprint density at radius 1 is 1.03 bits per heavy atom. The number of hydrogen-bond acceptors (Lipinski definition) is 7. The number of anilines is 2. The van der Waals surface area contributed by atoms with Gasteiger partial charge in [0, 0.05) is 35.2 Å². The lowest BCUT2D eigenvalue weighted by molar-refractivity contribution is 0.405. The number of benzene rings is 2. The normalized spacial score (nSPS) is 11.5. The van der Waals surface area contributed by atoms with Crippen LogP contribution in [0.2, 0.25) is 5.02 Å². The van der Waals surface area contributed by atoms with Crippen LogP contribution in [0.3, 0.4) is 0 Å². The summed E-state index contributed by atoms with van der Waals surface area (Å²) in [5, 5.41) is 22.6. The summed E-state index contributed by atoms with van der Waals surface area (Å²) in [6, 6.07) is 16.9. The van der Waals surface area contributed by atoms with E-state index in [1.165, 1.54) is 12.1 Å². The summed E-state index contributed by atoms with van der Waals surface area (Å²) in [4.78, 5) is 9.43. The van der Waals surface area contributed by atoms with Crippen LogP contribution in [0.15, 0.2) is 76.7 Å². The Bertz CT molecular complexity index is 1540. The standard InChI is InChI=1S/C28H28ClN3O4S/c1-4-5-11-24-25(32(3)21-9-6-8-20(29)17-21)26(33)27(28(34)31-24)37(35,36)22-14-12-19(13-15-22)23-10-7-16-30-18(23)2/h6-10,12-17H,4-5,11H2,1-3H3,(H2,31,33,34). The molecule has 4 rings (SSSR count). The predicted octanol–water partition coefficient (Wildman–Crippen LogP) is 6.46. The van der Waals surface area contributed by atoms with E-state index in [9.17, 15) is 18.6 Å². The molecule has 2 aromatic heterocycles. The Labute approximate surface area is 222 Å². The van der Waals surface area contributed by atoms with Crippen molar-refractivity contribution in [1.29, 1.82) is 0 Å². The third kappa shape index (κ3) is 5.26. The second-order valence-electron chi connectivity index (χ2n) is 8.72. The van der Waals surface area contributed by atoms with Crippen LogP contribution in [-0.4, -0.2) is 35.6 Å². The van der Waals surface area contributed by atoms with E-state index in [2.05, 4.69) is 9.97 Å². The molecule has 0 amide bonds. The third-order valence-corrected chi connectivity index (χ3v) is 8.25. The van der Waals surface area contributed by atoms with Crippen LogP contribution in [0.1, 0.15) is 31.2 Å². The summed E-state index contributed by atoms with van der Waals surface area (Å²) >= 11 is 6.17. The van der Waals surface area contributed by atoms with Crippen LogP contribution in [0.25, 0.3) is 11.1 Å². The van der Waals surface area contributed by atoms with Gasteiger partial charge in [-0.15, -0.1) is 0 Å². The topological polar surface area (TPSA) is 104 Å². The van der Waals surface area contributed by atoms with Crippen LogP contribution >= 0.6 is 11.6 Å². The highest BCUT2D eigenvalue weighted by Gasteiger charge is 2.32. The molecule has 0 atom stereocenters. The Morgan fingerprint density at radius 2 is 1.76 bits per heavy atom. The van der Waals surface area contributed by atoms with Crippen molar-refractivity contribution in [3.05, 3.63) is 83.3 Å². The third-order valence-electron chi connectivity index (χ3n) is 6.21. The monoisotopic (exact) mass is 537 g/mol. The zero-order valence-electron chi connectivity index (χ0n) is 20.8. The van der Waals surface area contributed by atoms with Crippen molar-refractivity contribution >= 4 is 32.8 Å². The molecule has 2 aromatic carbocycles. The van der Waals surface area contributed by atoms with Gasteiger partial charge in [-0.1, -0.05) is 49.2 Å². The van der Waals surface area contributed by atoms with Gasteiger partial charge >= 0.3 is 0 Å². The fourth-order valence-corrected chi connectivity index (χ4v) is 5.79. The first-order valence-electron chi connectivity index (χ1n) is 11.9. The van der Waals surface area contributed by atoms with Crippen molar-refractivity contribution in [3.8, 4) is 22.8 Å². The Morgan fingerprint density at radius 3 is 2.41 bits per heavy atom. The van der Waals surface area contributed by atoms with Crippen LogP contribution in [0.5, 0.6) is 11.6 Å². The molecule has 0 aliphatic rings. The van der Waals surface area contributed by atoms with Gasteiger partial charge in [0.15, 0.2) is 10.6 Å². The zero-order valence-corrected chi connectivity index (χ0v) is 22.4. The SMILES string of the molecule is CCCCc1nc(O)c(S(=O)(=O)c2ccc(-c3cccnc3C)cc2)c(O)c1N(C)c1cccc(Cl)c1. The molecule has 37 heavy (non-hydrogen) atoms. The quantitative estimate of drug-likeness (QED) is 0.266. The van der Waals surface area contributed by atoms with Gasteiger partial charge in [-0.2, -0.15) is 0 Å². The van der Waals surface area contributed by atoms with E-state index in [0.29, 0.717) is 22.8 Å². The highest BCUT2D eigenvalue weighted by molar-refractivity contribution is 7.91. The molecule has 0 aliphatic heterocycles. The van der Waals surface area contributed by atoms with Crippen molar-refractivity contribution in [1.82, 2.24) is 9.97 Å². The molecule has 0 radical (unpaired) electrons. The van der Waals surface area contributed by atoms with E-state index in [1.54, 1.807) is 54.5 Å². The Balaban J connectivity index is 1.84. The fourth-order valence-electron chi connectivity index (χ4n) is 4.23. The van der Waals surface area contributed by atoms with Crippen LogP contribution < -0.4 is 4.90 Å². The van der Waals surface area contributed by atoms with Crippen molar-refractivity contribution in [2.75, 3.05) is 11.9 Å². The maximum absolute atomic E-state index is 13.7. The molecule has 0 saturated carbocycles. The smallest absolute Gasteiger partial charge is 0.234 e. The molecule has 0 bridgehead atoms. The van der Waals surface area contributed by atoms with Gasteiger partial charge in [0.2, 0.25) is 15.7 Å². The summed E-state index contributed by atoms with van der Waals surface area (Å²) in [7, 11) is -2.63. The van der Waals surface area contributed by atoms with E-state index >= 15 is 0 Å². The second-order valence-corrected chi connectivity index (χ2v) is 11.0. The number of aromatic nitrogens is 2. The number of unbranched alkanes of at least 4 members (excludes halogenated alkanes) is 1.